The number of pyridine rings is 1. The van der Waals surface area contributed by atoms with Gasteiger partial charge in [-0.3, -0.25) is 24.0 Å². The monoisotopic (exact) mass is 635 g/mol. The Hall–Kier alpha value is -4.72. The lowest BCUT2D eigenvalue weighted by atomic mass is 10.1. The van der Waals surface area contributed by atoms with Gasteiger partial charge in [0.05, 0.1) is 51.5 Å². The number of benzene rings is 1. The van der Waals surface area contributed by atoms with Crippen LogP contribution in [0.2, 0.25) is 0 Å². The predicted octanol–water partition coefficient (Wildman–Crippen LogP) is 4.93. The quantitative estimate of drug-likeness (QED) is 0.216. The van der Waals surface area contributed by atoms with Crippen LogP contribution in [0.15, 0.2) is 60.4 Å². The smallest absolute Gasteiger partial charge is 0.258 e. The van der Waals surface area contributed by atoms with Crippen molar-refractivity contribution < 1.29 is 4.79 Å². The number of carbonyl (C=O) groups excluding carboxylic acids is 1. The van der Waals surface area contributed by atoms with E-state index in [0.29, 0.717) is 34.9 Å². The van der Waals surface area contributed by atoms with Crippen LogP contribution in [0, 0.1) is 13.8 Å². The van der Waals surface area contributed by atoms with Crippen LogP contribution >= 0.6 is 11.3 Å². The lowest BCUT2D eigenvalue weighted by Crippen LogP contribution is -2.46. The highest BCUT2D eigenvalue weighted by Crippen LogP contribution is 2.32. The Labute approximate surface area is 271 Å². The number of aromatic nitrogens is 7. The molecule has 0 radical (unpaired) electrons. The number of amides is 1. The van der Waals surface area contributed by atoms with Gasteiger partial charge in [-0.15, -0.1) is 11.3 Å². The Morgan fingerprint density at radius 1 is 0.957 bits per heavy atom. The Morgan fingerprint density at radius 3 is 2.61 bits per heavy atom. The number of aryl methyl sites for hydroxylation is 2. The van der Waals surface area contributed by atoms with E-state index >= 15 is 0 Å². The minimum absolute atomic E-state index is 0.236. The molecule has 236 valence electrons. The fourth-order valence-corrected chi connectivity index (χ4v) is 6.97. The first-order valence-corrected chi connectivity index (χ1v) is 16.5. The molecule has 1 aromatic carbocycles. The third-order valence-electron chi connectivity index (χ3n) is 8.50. The molecule has 1 aliphatic rings. The first-order valence-electron chi connectivity index (χ1n) is 15.6. The Morgan fingerprint density at radius 2 is 1.78 bits per heavy atom. The molecule has 13 heteroatoms. The molecule has 0 saturated carbocycles. The van der Waals surface area contributed by atoms with E-state index in [-0.39, 0.29) is 5.91 Å². The minimum Gasteiger partial charge on any atom is -0.322 e. The molecular formula is C33H37N11OS. The zero-order valence-electron chi connectivity index (χ0n) is 26.3. The Bertz CT molecular complexity index is 2000. The topological polar surface area (TPSA) is 122 Å². The van der Waals surface area contributed by atoms with Gasteiger partial charge in [0, 0.05) is 61.4 Å². The molecule has 6 aromatic rings. The van der Waals surface area contributed by atoms with E-state index in [1.165, 1.54) is 17.7 Å². The summed E-state index contributed by atoms with van der Waals surface area (Å²) in [5.41, 5.74) is 5.45. The standard InChI is InChI=1S/C33H37N11OS/c1-4-41-13-15-42(16-14-41)17-18-43-12-11-28(40-43)38-32-31-30(34-21-35-32)25(20-46-31)33(45)37-26-9-6-10-27-29(26)23(3)39-44(27)19-24-8-5-7-22(2)36-24/h5-12,20-21H,4,13-19H2,1-3H3,(H,37,45)(H,34,35,38,40). The fraction of sp³-hybridized carbons (Fsp3) is 0.333. The van der Waals surface area contributed by atoms with Gasteiger partial charge in [0.15, 0.2) is 11.6 Å². The summed E-state index contributed by atoms with van der Waals surface area (Å²) in [6.45, 7) is 14.0. The molecule has 5 aromatic heterocycles. The van der Waals surface area contributed by atoms with Crippen molar-refractivity contribution in [2.45, 2.75) is 33.9 Å². The summed E-state index contributed by atoms with van der Waals surface area (Å²) in [5, 5.41) is 18.7. The molecule has 0 aliphatic carbocycles. The summed E-state index contributed by atoms with van der Waals surface area (Å²) in [4.78, 5) is 32.2. The second kappa shape index (κ2) is 12.9. The zero-order chi connectivity index (χ0) is 31.6. The maximum atomic E-state index is 13.6. The molecule has 0 bridgehead atoms. The highest BCUT2D eigenvalue weighted by Gasteiger charge is 2.20. The van der Waals surface area contributed by atoms with Crippen LogP contribution in [0.3, 0.4) is 0 Å². The molecule has 0 spiro atoms. The van der Waals surface area contributed by atoms with E-state index in [1.807, 2.05) is 77.3 Å². The Kier molecular flexibility index (Phi) is 8.43. The molecule has 12 nitrogen and oxygen atoms in total. The first-order chi connectivity index (χ1) is 22.4. The fourth-order valence-electron chi connectivity index (χ4n) is 6.02. The number of hydrogen-bond donors (Lipinski definition) is 2. The van der Waals surface area contributed by atoms with Gasteiger partial charge in [-0.25, -0.2) is 9.97 Å². The SMILES string of the molecule is CCN1CCN(CCn2ccc(Nc3ncnc4c(C(=O)Nc5cccc6c5c(C)nn6Cc5cccc(C)n5)csc34)n2)CC1. The number of carbonyl (C=O) groups is 1. The largest absolute Gasteiger partial charge is 0.322 e. The van der Waals surface area contributed by atoms with Crippen LogP contribution < -0.4 is 10.6 Å². The summed E-state index contributed by atoms with van der Waals surface area (Å²) in [7, 11) is 0. The molecule has 1 fully saturated rings. The number of piperazine rings is 1. The second-order valence-corrected chi connectivity index (χ2v) is 12.5. The molecule has 6 heterocycles. The number of rotatable bonds is 10. The lowest BCUT2D eigenvalue weighted by Gasteiger charge is -2.33. The summed E-state index contributed by atoms with van der Waals surface area (Å²) >= 11 is 1.43. The van der Waals surface area contributed by atoms with Gasteiger partial charge in [0.1, 0.15) is 6.33 Å². The van der Waals surface area contributed by atoms with Crippen molar-refractivity contribution in [3.63, 3.8) is 0 Å². The van der Waals surface area contributed by atoms with Gasteiger partial charge in [-0.1, -0.05) is 19.1 Å². The number of nitrogens with zero attached hydrogens (tertiary/aromatic N) is 9. The van der Waals surface area contributed by atoms with E-state index in [4.69, 9.17) is 10.2 Å². The average molecular weight is 636 g/mol. The number of anilines is 3. The van der Waals surface area contributed by atoms with Crippen LogP contribution in [0.25, 0.3) is 21.1 Å². The summed E-state index contributed by atoms with van der Waals surface area (Å²) < 4.78 is 4.69. The number of nitrogens with one attached hydrogen (secondary N) is 2. The van der Waals surface area contributed by atoms with Gasteiger partial charge in [0.25, 0.3) is 5.91 Å². The van der Waals surface area contributed by atoms with Gasteiger partial charge in [-0.05, 0) is 44.7 Å². The number of thiophene rings is 1. The molecule has 1 aliphatic heterocycles. The molecule has 0 atom stereocenters. The normalized spacial score (nSPS) is 14.3. The maximum Gasteiger partial charge on any atom is 0.258 e. The van der Waals surface area contributed by atoms with Crippen LogP contribution in [-0.4, -0.2) is 89.5 Å². The van der Waals surface area contributed by atoms with Crippen molar-refractivity contribution in [2.24, 2.45) is 0 Å². The molecule has 7 rings (SSSR count). The van der Waals surface area contributed by atoms with Gasteiger partial charge >= 0.3 is 0 Å². The van der Waals surface area contributed by atoms with Gasteiger partial charge in [0.2, 0.25) is 0 Å². The van der Waals surface area contributed by atoms with Gasteiger partial charge in [-0.2, -0.15) is 10.2 Å². The molecule has 0 unspecified atom stereocenters. The zero-order valence-corrected chi connectivity index (χ0v) is 27.1. The molecule has 46 heavy (non-hydrogen) atoms. The van der Waals surface area contributed by atoms with Crippen molar-refractivity contribution in [1.29, 1.82) is 0 Å². The van der Waals surface area contributed by atoms with Crippen LogP contribution in [0.5, 0.6) is 0 Å². The Balaban J connectivity index is 1.05. The summed E-state index contributed by atoms with van der Waals surface area (Å²) in [6.07, 6.45) is 3.47. The van der Waals surface area contributed by atoms with Crippen molar-refractivity contribution in [3.8, 4) is 0 Å². The van der Waals surface area contributed by atoms with Crippen molar-refractivity contribution in [1.82, 2.24) is 44.3 Å². The van der Waals surface area contributed by atoms with Gasteiger partial charge < -0.3 is 15.5 Å². The van der Waals surface area contributed by atoms with Crippen LogP contribution in [0.4, 0.5) is 17.3 Å². The number of likely N-dealkylation sites (N-methyl/N-ethyl adjacent to an activating group) is 1. The summed E-state index contributed by atoms with van der Waals surface area (Å²) in [6, 6.07) is 13.8. The minimum atomic E-state index is -0.236. The van der Waals surface area contributed by atoms with E-state index < -0.39 is 0 Å². The lowest BCUT2D eigenvalue weighted by molar-refractivity contribution is 0.102. The summed E-state index contributed by atoms with van der Waals surface area (Å²) in [5.74, 6) is 1.09. The average Bonchev–Trinajstić information content (AvgIpc) is 3.78. The first kappa shape index (κ1) is 30.0. The molecular weight excluding hydrogens is 599 g/mol. The molecule has 1 saturated heterocycles. The second-order valence-electron chi connectivity index (χ2n) is 11.6. The highest BCUT2D eigenvalue weighted by molar-refractivity contribution is 7.18. The molecule has 1 amide bonds. The molecule has 2 N–H and O–H groups in total. The van der Waals surface area contributed by atoms with Crippen LogP contribution in [-0.2, 0) is 13.1 Å². The van der Waals surface area contributed by atoms with Crippen molar-refractivity contribution in [2.75, 3.05) is 49.9 Å². The van der Waals surface area contributed by atoms with E-state index in [2.05, 4.69) is 42.3 Å². The van der Waals surface area contributed by atoms with Crippen molar-refractivity contribution >= 4 is 55.7 Å². The van der Waals surface area contributed by atoms with E-state index in [1.54, 1.807) is 0 Å². The number of hydrogen-bond acceptors (Lipinski definition) is 10. The van der Waals surface area contributed by atoms with Crippen molar-refractivity contribution in [3.05, 3.63) is 83.0 Å². The highest BCUT2D eigenvalue weighted by atomic mass is 32.1. The van der Waals surface area contributed by atoms with E-state index in [0.717, 1.165) is 78.5 Å². The predicted molar refractivity (Wildman–Crippen MR) is 182 cm³/mol. The van der Waals surface area contributed by atoms with E-state index in [9.17, 15) is 4.79 Å². The maximum absolute atomic E-state index is 13.6. The third-order valence-corrected chi connectivity index (χ3v) is 9.48. The van der Waals surface area contributed by atoms with Crippen LogP contribution in [0.1, 0.15) is 34.4 Å². The number of fused-ring (bicyclic) bond motifs is 2. The third kappa shape index (κ3) is 6.21.